The van der Waals surface area contributed by atoms with E-state index in [1.54, 1.807) is 24.5 Å². The Labute approximate surface area is 98.2 Å². The molecule has 0 aliphatic heterocycles. The first-order valence-electron chi connectivity index (χ1n) is 5.08. The molecule has 2 rings (SSSR count). The SMILES string of the molecule is Cc1ccc(NN)c(C(=O)Nc2ncc[nH]2)c1. The lowest BCUT2D eigenvalue weighted by molar-refractivity contribution is 0.102. The van der Waals surface area contributed by atoms with Gasteiger partial charge in [0, 0.05) is 12.4 Å². The summed E-state index contributed by atoms with van der Waals surface area (Å²) in [5.74, 6) is 5.49. The van der Waals surface area contributed by atoms with Crippen LogP contribution in [0.1, 0.15) is 15.9 Å². The van der Waals surface area contributed by atoms with Gasteiger partial charge >= 0.3 is 0 Å². The minimum Gasteiger partial charge on any atom is -0.331 e. The van der Waals surface area contributed by atoms with Gasteiger partial charge in [-0.3, -0.25) is 16.0 Å². The molecule has 0 atom stereocenters. The van der Waals surface area contributed by atoms with E-state index in [4.69, 9.17) is 5.84 Å². The van der Waals surface area contributed by atoms with Gasteiger partial charge < -0.3 is 10.4 Å². The number of hydrogen-bond donors (Lipinski definition) is 4. The van der Waals surface area contributed by atoms with Gasteiger partial charge in [-0.1, -0.05) is 11.6 Å². The zero-order chi connectivity index (χ0) is 12.3. The number of nitrogens with zero attached hydrogens (tertiary/aromatic N) is 1. The van der Waals surface area contributed by atoms with Crippen molar-refractivity contribution >= 4 is 17.5 Å². The molecular formula is C11H13N5O. The maximum absolute atomic E-state index is 12.0. The first-order valence-corrected chi connectivity index (χ1v) is 5.08. The van der Waals surface area contributed by atoms with E-state index in [1.807, 2.05) is 13.0 Å². The number of H-pyrrole nitrogens is 1. The Kier molecular flexibility index (Phi) is 3.06. The highest BCUT2D eigenvalue weighted by atomic mass is 16.1. The summed E-state index contributed by atoms with van der Waals surface area (Å²) in [7, 11) is 0. The summed E-state index contributed by atoms with van der Waals surface area (Å²) in [5, 5.41) is 2.64. The van der Waals surface area contributed by atoms with Crippen LogP contribution in [0, 0.1) is 6.92 Å². The molecule has 0 bridgehead atoms. The summed E-state index contributed by atoms with van der Waals surface area (Å²) < 4.78 is 0. The van der Waals surface area contributed by atoms with Crippen LogP contribution in [0.15, 0.2) is 30.6 Å². The third-order valence-electron chi connectivity index (χ3n) is 2.31. The van der Waals surface area contributed by atoms with Gasteiger partial charge in [0.15, 0.2) is 0 Å². The number of benzene rings is 1. The van der Waals surface area contributed by atoms with Crippen LogP contribution in [0.5, 0.6) is 0 Å². The van der Waals surface area contributed by atoms with Gasteiger partial charge in [-0.2, -0.15) is 0 Å². The van der Waals surface area contributed by atoms with E-state index in [0.29, 0.717) is 17.2 Å². The molecule has 0 saturated heterocycles. The Morgan fingerprint density at radius 2 is 2.29 bits per heavy atom. The van der Waals surface area contributed by atoms with E-state index >= 15 is 0 Å². The lowest BCUT2D eigenvalue weighted by Crippen LogP contribution is -2.18. The van der Waals surface area contributed by atoms with Crippen LogP contribution in [-0.4, -0.2) is 15.9 Å². The summed E-state index contributed by atoms with van der Waals surface area (Å²) in [6.45, 7) is 1.91. The topological polar surface area (TPSA) is 95.8 Å². The lowest BCUT2D eigenvalue weighted by atomic mass is 10.1. The van der Waals surface area contributed by atoms with Crippen LogP contribution in [0.2, 0.25) is 0 Å². The number of rotatable bonds is 3. The van der Waals surface area contributed by atoms with E-state index in [-0.39, 0.29) is 5.91 Å². The molecule has 0 aliphatic rings. The standard InChI is InChI=1S/C11H13N5O/c1-7-2-3-9(16-12)8(6-7)10(17)15-11-13-4-5-14-11/h2-6,16H,12H2,1H3,(H2,13,14,15,17). The molecule has 0 unspecified atom stereocenters. The number of aromatic nitrogens is 2. The third kappa shape index (κ3) is 2.43. The normalized spacial score (nSPS) is 10.0. The van der Waals surface area contributed by atoms with Crippen LogP contribution in [0.25, 0.3) is 0 Å². The highest BCUT2D eigenvalue weighted by Gasteiger charge is 2.12. The number of carbonyl (C=O) groups is 1. The van der Waals surface area contributed by atoms with Gasteiger partial charge in [0.1, 0.15) is 0 Å². The molecule has 2 aromatic rings. The van der Waals surface area contributed by atoms with Crippen LogP contribution in [0.4, 0.5) is 11.6 Å². The summed E-state index contributed by atoms with van der Waals surface area (Å²) >= 11 is 0. The first-order chi connectivity index (χ1) is 8.20. The second-order valence-corrected chi connectivity index (χ2v) is 3.59. The number of aryl methyl sites for hydroxylation is 1. The van der Waals surface area contributed by atoms with E-state index in [9.17, 15) is 4.79 Å². The quantitative estimate of drug-likeness (QED) is 0.472. The molecule has 1 amide bonds. The number of aromatic amines is 1. The Bertz CT molecular complexity index is 521. The number of nitrogens with two attached hydrogens (primary N) is 1. The van der Waals surface area contributed by atoms with Crippen LogP contribution in [0.3, 0.4) is 0 Å². The molecule has 6 heteroatoms. The molecule has 0 saturated carbocycles. The van der Waals surface area contributed by atoms with Gasteiger partial charge in [0.25, 0.3) is 5.91 Å². The number of hydrogen-bond acceptors (Lipinski definition) is 4. The van der Waals surface area contributed by atoms with Gasteiger partial charge in [0.05, 0.1) is 11.3 Å². The molecule has 0 radical (unpaired) electrons. The number of imidazole rings is 1. The number of anilines is 2. The second-order valence-electron chi connectivity index (χ2n) is 3.59. The first kappa shape index (κ1) is 11.2. The fourth-order valence-electron chi connectivity index (χ4n) is 1.48. The molecule has 1 aromatic carbocycles. The minimum atomic E-state index is -0.267. The molecular weight excluding hydrogens is 218 g/mol. The predicted octanol–water partition coefficient (Wildman–Crippen LogP) is 1.26. The van der Waals surface area contributed by atoms with Crippen molar-refractivity contribution in [3.05, 3.63) is 41.7 Å². The van der Waals surface area contributed by atoms with Crippen LogP contribution < -0.4 is 16.6 Å². The van der Waals surface area contributed by atoms with Crippen molar-refractivity contribution in [1.82, 2.24) is 9.97 Å². The monoisotopic (exact) mass is 231 g/mol. The molecule has 17 heavy (non-hydrogen) atoms. The minimum absolute atomic E-state index is 0.267. The van der Waals surface area contributed by atoms with E-state index in [1.165, 1.54) is 0 Å². The Morgan fingerprint density at radius 3 is 2.94 bits per heavy atom. The maximum Gasteiger partial charge on any atom is 0.260 e. The number of nitrogen functional groups attached to an aromatic ring is 1. The third-order valence-corrected chi connectivity index (χ3v) is 2.31. The highest BCUT2D eigenvalue weighted by molar-refractivity contribution is 6.07. The molecule has 5 N–H and O–H groups in total. The Morgan fingerprint density at radius 1 is 1.47 bits per heavy atom. The van der Waals surface area contributed by atoms with Crippen LogP contribution in [-0.2, 0) is 0 Å². The lowest BCUT2D eigenvalue weighted by Gasteiger charge is -2.09. The number of hydrazine groups is 1. The van der Waals surface area contributed by atoms with Crippen molar-refractivity contribution in [2.24, 2.45) is 5.84 Å². The van der Waals surface area contributed by atoms with Crippen molar-refractivity contribution in [3.8, 4) is 0 Å². The summed E-state index contributed by atoms with van der Waals surface area (Å²) in [5.41, 5.74) is 4.52. The van der Waals surface area contributed by atoms with Gasteiger partial charge in [-0.25, -0.2) is 4.98 Å². The highest BCUT2D eigenvalue weighted by Crippen LogP contribution is 2.17. The van der Waals surface area contributed by atoms with Crippen molar-refractivity contribution in [3.63, 3.8) is 0 Å². The molecule has 1 aromatic heterocycles. The fraction of sp³-hybridized carbons (Fsp3) is 0.0909. The fourth-order valence-corrected chi connectivity index (χ4v) is 1.48. The summed E-state index contributed by atoms with van der Waals surface area (Å²) in [4.78, 5) is 18.7. The van der Waals surface area contributed by atoms with Crippen molar-refractivity contribution in [2.75, 3.05) is 10.7 Å². The Hall–Kier alpha value is -2.34. The van der Waals surface area contributed by atoms with E-state index in [0.717, 1.165) is 5.56 Å². The smallest absolute Gasteiger partial charge is 0.260 e. The molecule has 0 aliphatic carbocycles. The average Bonchev–Trinajstić information content (AvgIpc) is 2.81. The molecule has 0 fully saturated rings. The van der Waals surface area contributed by atoms with E-state index < -0.39 is 0 Å². The number of carbonyl (C=O) groups excluding carboxylic acids is 1. The van der Waals surface area contributed by atoms with Crippen molar-refractivity contribution < 1.29 is 4.79 Å². The maximum atomic E-state index is 12.0. The molecule has 88 valence electrons. The van der Waals surface area contributed by atoms with Gasteiger partial charge in [-0.05, 0) is 19.1 Å². The predicted molar refractivity (Wildman–Crippen MR) is 65.5 cm³/mol. The largest absolute Gasteiger partial charge is 0.331 e. The van der Waals surface area contributed by atoms with Crippen molar-refractivity contribution in [2.45, 2.75) is 6.92 Å². The average molecular weight is 231 g/mol. The molecule has 0 spiro atoms. The number of amides is 1. The summed E-state index contributed by atoms with van der Waals surface area (Å²) in [6, 6.07) is 5.39. The zero-order valence-electron chi connectivity index (χ0n) is 9.32. The second kappa shape index (κ2) is 4.67. The summed E-state index contributed by atoms with van der Waals surface area (Å²) in [6.07, 6.45) is 3.20. The molecule has 6 nitrogen and oxygen atoms in total. The number of nitrogens with one attached hydrogen (secondary N) is 3. The van der Waals surface area contributed by atoms with Gasteiger partial charge in [0.2, 0.25) is 5.95 Å². The van der Waals surface area contributed by atoms with Gasteiger partial charge in [-0.15, -0.1) is 0 Å². The zero-order valence-corrected chi connectivity index (χ0v) is 9.32. The van der Waals surface area contributed by atoms with E-state index in [2.05, 4.69) is 20.7 Å². The van der Waals surface area contributed by atoms with Crippen molar-refractivity contribution in [1.29, 1.82) is 0 Å². The Balaban J connectivity index is 2.26. The molecule has 1 heterocycles. The van der Waals surface area contributed by atoms with Crippen LogP contribution >= 0.6 is 0 Å².